The first-order valence-electron chi connectivity index (χ1n) is 15.0. The van der Waals surface area contributed by atoms with Crippen LogP contribution in [0.15, 0.2) is 89.5 Å². The number of carbonyl (C=O) groups excluding carboxylic acids is 2. The van der Waals surface area contributed by atoms with E-state index in [1.54, 1.807) is 35.2 Å². The van der Waals surface area contributed by atoms with E-state index in [0.29, 0.717) is 29.9 Å². The van der Waals surface area contributed by atoms with E-state index in [2.05, 4.69) is 20.5 Å². The zero-order valence-electron chi connectivity index (χ0n) is 25.2. The van der Waals surface area contributed by atoms with Crippen molar-refractivity contribution in [1.82, 2.24) is 20.7 Å². The minimum atomic E-state index is -4.80. The number of hydrogen-bond acceptors (Lipinski definition) is 7. The Bertz CT molecular complexity index is 1630. The maximum absolute atomic E-state index is 13.5. The summed E-state index contributed by atoms with van der Waals surface area (Å²) in [5.74, 6) is -0.391. The molecule has 0 spiro atoms. The Morgan fingerprint density at radius 2 is 1.76 bits per heavy atom. The summed E-state index contributed by atoms with van der Waals surface area (Å²) in [4.78, 5) is 28.7. The average molecular weight is 637 g/mol. The predicted octanol–water partition coefficient (Wildman–Crippen LogP) is 5.35. The van der Waals surface area contributed by atoms with Crippen LogP contribution in [-0.4, -0.2) is 58.6 Å². The predicted molar refractivity (Wildman–Crippen MR) is 163 cm³/mol. The maximum atomic E-state index is 13.5. The molecule has 0 aliphatic carbocycles. The highest BCUT2D eigenvalue weighted by atomic mass is 19.4. The largest absolute Gasteiger partial charge is 0.573 e. The Balaban J connectivity index is 1.25. The van der Waals surface area contributed by atoms with Crippen molar-refractivity contribution in [3.63, 3.8) is 0 Å². The normalized spacial score (nSPS) is 16.2. The number of nitrogens with zero attached hydrogens (tertiary/aromatic N) is 2. The molecular formula is C34H35F3N4O5. The molecule has 1 aromatic heterocycles. The lowest BCUT2D eigenvalue weighted by atomic mass is 10.00. The number of benzene rings is 3. The van der Waals surface area contributed by atoms with Crippen LogP contribution in [-0.2, 0) is 13.0 Å². The number of rotatable bonds is 12. The lowest BCUT2D eigenvalue weighted by Gasteiger charge is -2.25. The summed E-state index contributed by atoms with van der Waals surface area (Å²) in [6.07, 6.45) is -3.98. The maximum Gasteiger partial charge on any atom is 0.573 e. The minimum absolute atomic E-state index is 0.0398. The molecule has 1 unspecified atom stereocenters. The van der Waals surface area contributed by atoms with Crippen LogP contribution in [0.2, 0.25) is 0 Å². The number of aliphatic hydroxyl groups excluding tert-OH is 1. The third kappa shape index (κ3) is 8.73. The van der Waals surface area contributed by atoms with Gasteiger partial charge in [-0.05, 0) is 67.6 Å². The van der Waals surface area contributed by atoms with E-state index in [9.17, 15) is 27.9 Å². The first-order valence-corrected chi connectivity index (χ1v) is 15.0. The van der Waals surface area contributed by atoms with E-state index >= 15 is 0 Å². The van der Waals surface area contributed by atoms with Gasteiger partial charge in [-0.3, -0.25) is 9.59 Å². The Morgan fingerprint density at radius 1 is 1.02 bits per heavy atom. The van der Waals surface area contributed by atoms with E-state index in [1.165, 1.54) is 18.2 Å². The number of ether oxygens (including phenoxy) is 1. The van der Waals surface area contributed by atoms with Crippen LogP contribution < -0.4 is 15.4 Å². The molecule has 4 aromatic rings. The summed E-state index contributed by atoms with van der Waals surface area (Å²) in [5, 5.41) is 21.1. The fourth-order valence-electron chi connectivity index (χ4n) is 5.57. The van der Waals surface area contributed by atoms with Crippen LogP contribution in [0, 0.1) is 6.92 Å². The molecule has 0 bridgehead atoms. The number of aryl methyl sites for hydroxylation is 1. The van der Waals surface area contributed by atoms with Gasteiger partial charge in [0.1, 0.15) is 5.75 Å². The van der Waals surface area contributed by atoms with Crippen molar-refractivity contribution < 1.29 is 37.1 Å². The Morgan fingerprint density at radius 3 is 2.50 bits per heavy atom. The number of nitrogens with one attached hydrogen (secondary N) is 2. The molecule has 5 rings (SSSR count). The van der Waals surface area contributed by atoms with Gasteiger partial charge in [0.15, 0.2) is 5.76 Å². The summed E-state index contributed by atoms with van der Waals surface area (Å²) in [5.41, 5.74) is 2.76. The van der Waals surface area contributed by atoms with Gasteiger partial charge in [0.2, 0.25) is 0 Å². The molecular weight excluding hydrogens is 601 g/mol. The van der Waals surface area contributed by atoms with Gasteiger partial charge in [-0.25, -0.2) is 0 Å². The molecule has 242 valence electrons. The molecule has 9 nitrogen and oxygen atoms in total. The zero-order chi connectivity index (χ0) is 32.7. The van der Waals surface area contributed by atoms with Crippen LogP contribution in [0.5, 0.6) is 5.75 Å². The van der Waals surface area contributed by atoms with Gasteiger partial charge in [0, 0.05) is 36.8 Å². The van der Waals surface area contributed by atoms with Gasteiger partial charge < -0.3 is 29.9 Å². The standard InChI is InChI=1S/C34H35F3N4O5/c1-22-16-31(46-40-22)29-14-7-15-41(29)33(44)26-12-6-11-25(19-26)32(43)39-28(18-23-8-3-2-4-9-23)30(42)21-38-20-24-10-5-13-27(17-24)45-34(35,36)37/h2-6,8-13,16-17,19,28-30,38,42H,7,14-15,18,20-21H2,1H3,(H,39,43)/t28-,29?,30-/m0/s1. The van der Waals surface area contributed by atoms with Gasteiger partial charge in [-0.2, -0.15) is 0 Å². The third-order valence-electron chi connectivity index (χ3n) is 7.75. The van der Waals surface area contributed by atoms with Crippen molar-refractivity contribution in [2.75, 3.05) is 13.1 Å². The topological polar surface area (TPSA) is 117 Å². The molecule has 3 aromatic carbocycles. The molecule has 46 heavy (non-hydrogen) atoms. The van der Waals surface area contributed by atoms with Crippen LogP contribution in [0.25, 0.3) is 0 Å². The molecule has 0 saturated carbocycles. The molecule has 3 N–H and O–H groups in total. The van der Waals surface area contributed by atoms with Gasteiger partial charge in [0.05, 0.1) is 23.9 Å². The molecule has 1 aliphatic rings. The van der Waals surface area contributed by atoms with Crippen molar-refractivity contribution in [2.24, 2.45) is 0 Å². The molecule has 1 saturated heterocycles. The number of hydrogen-bond donors (Lipinski definition) is 3. The molecule has 2 amide bonds. The Kier molecular flexibility index (Phi) is 10.4. The minimum Gasteiger partial charge on any atom is -0.406 e. The van der Waals surface area contributed by atoms with E-state index in [1.807, 2.05) is 43.3 Å². The first-order chi connectivity index (χ1) is 22.1. The average Bonchev–Trinajstić information content (AvgIpc) is 3.69. The lowest BCUT2D eigenvalue weighted by molar-refractivity contribution is -0.274. The van der Waals surface area contributed by atoms with E-state index in [0.717, 1.165) is 24.1 Å². The van der Waals surface area contributed by atoms with Crippen molar-refractivity contribution in [2.45, 2.75) is 57.3 Å². The van der Waals surface area contributed by atoms with Gasteiger partial charge in [-0.1, -0.05) is 53.7 Å². The number of aliphatic hydroxyl groups is 1. The number of likely N-dealkylation sites (tertiary alicyclic amines) is 1. The molecule has 1 aliphatic heterocycles. The fraction of sp³-hybridized carbons (Fsp3) is 0.324. The summed E-state index contributed by atoms with van der Waals surface area (Å²) in [6, 6.07) is 22.2. The monoisotopic (exact) mass is 636 g/mol. The lowest BCUT2D eigenvalue weighted by Crippen LogP contribution is -2.48. The van der Waals surface area contributed by atoms with Gasteiger partial charge in [-0.15, -0.1) is 13.2 Å². The van der Waals surface area contributed by atoms with Crippen molar-refractivity contribution in [3.8, 4) is 5.75 Å². The SMILES string of the molecule is Cc1cc(C2CCCN2C(=O)c2cccc(C(=O)N[C@@H](Cc3ccccc3)[C@@H](O)CNCc3cccc(OC(F)(F)F)c3)c2)on1. The summed E-state index contributed by atoms with van der Waals surface area (Å²) in [6.45, 7) is 2.58. The molecule has 2 heterocycles. The van der Waals surface area contributed by atoms with Crippen molar-refractivity contribution >= 4 is 11.8 Å². The highest BCUT2D eigenvalue weighted by Crippen LogP contribution is 2.33. The highest BCUT2D eigenvalue weighted by Gasteiger charge is 2.34. The van der Waals surface area contributed by atoms with E-state index in [4.69, 9.17) is 4.52 Å². The fourth-order valence-corrected chi connectivity index (χ4v) is 5.57. The second-order valence-electron chi connectivity index (χ2n) is 11.3. The quantitative estimate of drug-likeness (QED) is 0.192. The zero-order valence-corrected chi connectivity index (χ0v) is 25.2. The number of amides is 2. The summed E-state index contributed by atoms with van der Waals surface area (Å²) >= 11 is 0. The first kappa shape index (κ1) is 32.7. The number of alkyl halides is 3. The summed E-state index contributed by atoms with van der Waals surface area (Å²) in [7, 11) is 0. The van der Waals surface area contributed by atoms with Crippen LogP contribution in [0.4, 0.5) is 13.2 Å². The van der Waals surface area contributed by atoms with Gasteiger partial charge in [0.25, 0.3) is 11.8 Å². The second-order valence-corrected chi connectivity index (χ2v) is 11.3. The molecule has 12 heteroatoms. The number of carbonyl (C=O) groups is 2. The summed E-state index contributed by atoms with van der Waals surface area (Å²) < 4.78 is 47.2. The van der Waals surface area contributed by atoms with E-state index < -0.39 is 24.4 Å². The Labute approximate surface area is 264 Å². The van der Waals surface area contributed by atoms with Crippen LogP contribution >= 0.6 is 0 Å². The Hall–Kier alpha value is -4.68. The molecule has 1 fully saturated rings. The molecule has 0 radical (unpaired) electrons. The number of halogens is 3. The van der Waals surface area contributed by atoms with E-state index in [-0.39, 0.29) is 36.4 Å². The van der Waals surface area contributed by atoms with Crippen molar-refractivity contribution in [3.05, 3.63) is 119 Å². The second kappa shape index (κ2) is 14.6. The molecule has 3 atom stereocenters. The van der Waals surface area contributed by atoms with Crippen LogP contribution in [0.3, 0.4) is 0 Å². The van der Waals surface area contributed by atoms with Gasteiger partial charge >= 0.3 is 6.36 Å². The third-order valence-corrected chi connectivity index (χ3v) is 7.75. The van der Waals surface area contributed by atoms with Crippen LogP contribution in [0.1, 0.15) is 62.2 Å². The number of aromatic nitrogens is 1. The van der Waals surface area contributed by atoms with Crippen molar-refractivity contribution in [1.29, 1.82) is 0 Å². The smallest absolute Gasteiger partial charge is 0.406 e. The highest BCUT2D eigenvalue weighted by molar-refractivity contribution is 6.00.